The van der Waals surface area contributed by atoms with Gasteiger partial charge in [-0.1, -0.05) is 0 Å². The van der Waals surface area contributed by atoms with Crippen LogP contribution in [-0.2, 0) is 24.7 Å². The van der Waals surface area contributed by atoms with Crippen LogP contribution in [0.1, 0.15) is 36.9 Å². The average Bonchev–Trinajstić information content (AvgIpc) is 2.51. The molecule has 1 atom stereocenters. The number of carboxylic acid groups (broad SMARTS) is 1. The zero-order valence-corrected chi connectivity index (χ0v) is 12.3. The van der Waals surface area contributed by atoms with E-state index in [9.17, 15) is 14.7 Å². The van der Waals surface area contributed by atoms with E-state index in [1.54, 1.807) is 11.6 Å². The summed E-state index contributed by atoms with van der Waals surface area (Å²) in [5.41, 5.74) is 1.79. The monoisotopic (exact) mass is 291 g/mol. The molecule has 0 bridgehead atoms. The second-order valence-corrected chi connectivity index (χ2v) is 6.03. The number of nitrogens with zero attached hydrogens (tertiary/aromatic N) is 3. The van der Waals surface area contributed by atoms with Gasteiger partial charge in [0.15, 0.2) is 0 Å². The third kappa shape index (κ3) is 2.54. The molecule has 3 rings (SSSR count). The van der Waals surface area contributed by atoms with Crippen LogP contribution in [0.5, 0.6) is 0 Å². The normalized spacial score (nSPS) is 22.0. The van der Waals surface area contributed by atoms with Crippen LogP contribution < -0.4 is 10.5 Å². The Bertz CT molecular complexity index is 623. The van der Waals surface area contributed by atoms with Gasteiger partial charge in [-0.2, -0.15) is 0 Å². The Balaban J connectivity index is 1.97. The first-order valence-corrected chi connectivity index (χ1v) is 7.64. The quantitative estimate of drug-likeness (QED) is 0.878. The third-order valence-corrected chi connectivity index (χ3v) is 4.59. The molecule has 6 nitrogen and oxygen atoms in total. The van der Waals surface area contributed by atoms with Gasteiger partial charge in [0.1, 0.15) is 0 Å². The zero-order valence-electron chi connectivity index (χ0n) is 12.3. The summed E-state index contributed by atoms with van der Waals surface area (Å²) in [6, 6.07) is 0. The molecule has 1 saturated heterocycles. The van der Waals surface area contributed by atoms with Crippen LogP contribution in [-0.4, -0.2) is 33.7 Å². The Kier molecular flexibility index (Phi) is 3.69. The molecule has 0 spiro atoms. The van der Waals surface area contributed by atoms with Gasteiger partial charge in [-0.25, -0.2) is 4.98 Å². The fraction of sp³-hybridized carbons (Fsp3) is 0.667. The predicted octanol–water partition coefficient (Wildman–Crippen LogP) is 0.960. The molecule has 2 aliphatic rings. The van der Waals surface area contributed by atoms with Crippen molar-refractivity contribution in [3.63, 3.8) is 0 Å². The van der Waals surface area contributed by atoms with Crippen molar-refractivity contribution >= 4 is 11.9 Å². The molecular formula is C15H21N3O3. The van der Waals surface area contributed by atoms with Crippen LogP contribution in [0.15, 0.2) is 4.79 Å². The molecule has 1 aliphatic carbocycles. The molecule has 1 aromatic rings. The van der Waals surface area contributed by atoms with Gasteiger partial charge in [0.25, 0.3) is 5.56 Å². The number of fused-ring (bicyclic) bond motifs is 1. The van der Waals surface area contributed by atoms with Gasteiger partial charge in [-0.3, -0.25) is 14.2 Å². The van der Waals surface area contributed by atoms with Crippen molar-refractivity contribution in [1.29, 1.82) is 0 Å². The SMILES string of the molecule is Cn1c(N2CCCC(C(=O)O)C2)nc2c(c1=O)CCCC2. The van der Waals surface area contributed by atoms with Crippen molar-refractivity contribution in [2.75, 3.05) is 18.0 Å². The third-order valence-electron chi connectivity index (χ3n) is 4.59. The highest BCUT2D eigenvalue weighted by Gasteiger charge is 2.28. The van der Waals surface area contributed by atoms with Crippen molar-refractivity contribution < 1.29 is 9.90 Å². The van der Waals surface area contributed by atoms with E-state index < -0.39 is 5.97 Å². The summed E-state index contributed by atoms with van der Waals surface area (Å²) < 4.78 is 1.59. The Morgan fingerprint density at radius 3 is 2.81 bits per heavy atom. The largest absolute Gasteiger partial charge is 0.481 e. The molecule has 2 heterocycles. The van der Waals surface area contributed by atoms with Crippen molar-refractivity contribution in [1.82, 2.24) is 9.55 Å². The first kappa shape index (κ1) is 14.1. The summed E-state index contributed by atoms with van der Waals surface area (Å²) in [6.45, 7) is 1.21. The molecule has 0 radical (unpaired) electrons. The Morgan fingerprint density at radius 1 is 1.29 bits per heavy atom. The highest BCUT2D eigenvalue weighted by atomic mass is 16.4. The topological polar surface area (TPSA) is 75.4 Å². The van der Waals surface area contributed by atoms with E-state index in [0.717, 1.165) is 49.9 Å². The number of carbonyl (C=O) groups is 1. The number of aryl methyl sites for hydroxylation is 1. The van der Waals surface area contributed by atoms with Crippen molar-refractivity contribution in [2.45, 2.75) is 38.5 Å². The van der Waals surface area contributed by atoms with E-state index in [0.29, 0.717) is 18.9 Å². The maximum Gasteiger partial charge on any atom is 0.308 e. The van der Waals surface area contributed by atoms with E-state index >= 15 is 0 Å². The summed E-state index contributed by atoms with van der Waals surface area (Å²) in [5, 5.41) is 9.20. The first-order valence-electron chi connectivity index (χ1n) is 7.64. The molecule has 1 aliphatic heterocycles. The zero-order chi connectivity index (χ0) is 15.0. The van der Waals surface area contributed by atoms with E-state index in [1.807, 2.05) is 4.90 Å². The number of anilines is 1. The molecule has 1 N–H and O–H groups in total. The minimum atomic E-state index is -0.761. The Morgan fingerprint density at radius 2 is 2.05 bits per heavy atom. The smallest absolute Gasteiger partial charge is 0.308 e. The van der Waals surface area contributed by atoms with Crippen LogP contribution in [0.4, 0.5) is 5.95 Å². The highest BCUT2D eigenvalue weighted by molar-refractivity contribution is 5.71. The number of carboxylic acids is 1. The average molecular weight is 291 g/mol. The van der Waals surface area contributed by atoms with E-state index in [2.05, 4.69) is 4.98 Å². The summed E-state index contributed by atoms with van der Waals surface area (Å²) in [7, 11) is 1.74. The summed E-state index contributed by atoms with van der Waals surface area (Å²) in [4.78, 5) is 30.3. The lowest BCUT2D eigenvalue weighted by molar-refractivity contribution is -0.141. The molecule has 1 aromatic heterocycles. The van der Waals surface area contributed by atoms with E-state index in [4.69, 9.17) is 0 Å². The molecule has 0 saturated carbocycles. The van der Waals surface area contributed by atoms with E-state index in [-0.39, 0.29) is 11.5 Å². The number of aliphatic carboxylic acids is 1. The van der Waals surface area contributed by atoms with Crippen molar-refractivity contribution in [2.24, 2.45) is 13.0 Å². The molecular weight excluding hydrogens is 270 g/mol. The van der Waals surface area contributed by atoms with Crippen LogP contribution in [0.3, 0.4) is 0 Å². The number of rotatable bonds is 2. The van der Waals surface area contributed by atoms with Crippen LogP contribution in [0, 0.1) is 5.92 Å². The Hall–Kier alpha value is -1.85. The first-order chi connectivity index (χ1) is 10.1. The predicted molar refractivity (Wildman–Crippen MR) is 78.7 cm³/mol. The van der Waals surface area contributed by atoms with Gasteiger partial charge in [0.2, 0.25) is 5.95 Å². The molecule has 6 heteroatoms. The van der Waals surface area contributed by atoms with Gasteiger partial charge in [-0.05, 0) is 38.5 Å². The summed E-state index contributed by atoms with van der Waals surface area (Å²) >= 11 is 0. The maximum atomic E-state index is 12.5. The second kappa shape index (κ2) is 5.50. The standard InChI is InChI=1S/C15H21N3O3/c1-17-13(19)11-6-2-3-7-12(11)16-15(17)18-8-4-5-10(9-18)14(20)21/h10H,2-9H2,1H3,(H,20,21). The van der Waals surface area contributed by atoms with Gasteiger partial charge in [0, 0.05) is 25.7 Å². The van der Waals surface area contributed by atoms with Crippen LogP contribution in [0.2, 0.25) is 0 Å². The number of hydrogen-bond acceptors (Lipinski definition) is 4. The lowest BCUT2D eigenvalue weighted by Gasteiger charge is -2.33. The van der Waals surface area contributed by atoms with Gasteiger partial charge in [-0.15, -0.1) is 0 Å². The van der Waals surface area contributed by atoms with Crippen molar-refractivity contribution in [3.05, 3.63) is 21.6 Å². The molecule has 0 amide bonds. The fourth-order valence-electron chi connectivity index (χ4n) is 3.38. The molecule has 1 unspecified atom stereocenters. The fourth-order valence-corrected chi connectivity index (χ4v) is 3.38. The highest BCUT2D eigenvalue weighted by Crippen LogP contribution is 2.24. The van der Waals surface area contributed by atoms with E-state index in [1.165, 1.54) is 0 Å². The number of aromatic nitrogens is 2. The molecule has 0 aromatic carbocycles. The molecule has 114 valence electrons. The minimum absolute atomic E-state index is 0.0344. The number of piperidine rings is 1. The van der Waals surface area contributed by atoms with Gasteiger partial charge < -0.3 is 10.0 Å². The van der Waals surface area contributed by atoms with Crippen LogP contribution >= 0.6 is 0 Å². The number of hydrogen-bond donors (Lipinski definition) is 1. The van der Waals surface area contributed by atoms with Crippen molar-refractivity contribution in [3.8, 4) is 0 Å². The molecule has 21 heavy (non-hydrogen) atoms. The van der Waals surface area contributed by atoms with Gasteiger partial charge in [0.05, 0.1) is 11.6 Å². The maximum absolute atomic E-state index is 12.5. The van der Waals surface area contributed by atoms with Crippen LogP contribution in [0.25, 0.3) is 0 Å². The lowest BCUT2D eigenvalue weighted by Crippen LogP contribution is -2.42. The Labute approximate surface area is 123 Å². The minimum Gasteiger partial charge on any atom is -0.481 e. The summed E-state index contributed by atoms with van der Waals surface area (Å²) in [5.74, 6) is -0.499. The lowest BCUT2D eigenvalue weighted by atomic mass is 9.97. The summed E-state index contributed by atoms with van der Waals surface area (Å²) in [6.07, 6.45) is 5.31. The van der Waals surface area contributed by atoms with Gasteiger partial charge >= 0.3 is 5.97 Å². The molecule has 1 fully saturated rings. The second-order valence-electron chi connectivity index (χ2n) is 6.03.